The van der Waals surface area contributed by atoms with Crippen LogP contribution in [-0.4, -0.2) is 38.7 Å². The third kappa shape index (κ3) is 4.05. The van der Waals surface area contributed by atoms with Crippen molar-refractivity contribution in [3.05, 3.63) is 29.8 Å². The van der Waals surface area contributed by atoms with Gasteiger partial charge >= 0.3 is 0 Å². The first-order chi connectivity index (χ1) is 9.92. The van der Waals surface area contributed by atoms with Crippen molar-refractivity contribution >= 4 is 9.84 Å². The van der Waals surface area contributed by atoms with Gasteiger partial charge in [-0.3, -0.25) is 0 Å². The lowest BCUT2D eigenvalue weighted by Crippen LogP contribution is -2.28. The standard InChI is InChI=1S/C16H22N2O2S/c1-13(2)15-6-7-18(12-15)8-9-21(19,20)16-5-3-4-14(10-16)11-17/h3-5,10,13,15H,6-9,12H2,1-2H3. The molecule has 0 radical (unpaired) electrons. The predicted molar refractivity (Wildman–Crippen MR) is 82.6 cm³/mol. The van der Waals surface area contributed by atoms with Crippen molar-refractivity contribution in [2.75, 3.05) is 25.4 Å². The molecule has 1 fully saturated rings. The maximum atomic E-state index is 12.3. The average molecular weight is 306 g/mol. The second-order valence-electron chi connectivity index (χ2n) is 6.05. The van der Waals surface area contributed by atoms with Gasteiger partial charge in [-0.2, -0.15) is 5.26 Å². The molecule has 1 atom stereocenters. The van der Waals surface area contributed by atoms with Gasteiger partial charge in [0.2, 0.25) is 0 Å². The van der Waals surface area contributed by atoms with E-state index in [1.807, 2.05) is 6.07 Å². The van der Waals surface area contributed by atoms with Gasteiger partial charge < -0.3 is 4.90 Å². The molecule has 21 heavy (non-hydrogen) atoms. The third-order valence-corrected chi connectivity index (χ3v) is 5.94. The zero-order valence-corrected chi connectivity index (χ0v) is 13.4. The smallest absolute Gasteiger partial charge is 0.179 e. The van der Waals surface area contributed by atoms with Gasteiger partial charge in [0.1, 0.15) is 0 Å². The lowest BCUT2D eigenvalue weighted by molar-refractivity contribution is 0.317. The van der Waals surface area contributed by atoms with E-state index in [9.17, 15) is 8.42 Å². The minimum atomic E-state index is -3.31. The number of sulfone groups is 1. The quantitative estimate of drug-likeness (QED) is 0.837. The Morgan fingerprint density at radius 3 is 2.81 bits per heavy atom. The molecule has 4 nitrogen and oxygen atoms in total. The molecule has 2 rings (SSSR count). The van der Waals surface area contributed by atoms with E-state index < -0.39 is 9.84 Å². The lowest BCUT2D eigenvalue weighted by atomic mass is 9.95. The molecule has 0 aromatic heterocycles. The summed E-state index contributed by atoms with van der Waals surface area (Å²) in [7, 11) is -3.31. The van der Waals surface area contributed by atoms with Crippen LogP contribution >= 0.6 is 0 Å². The van der Waals surface area contributed by atoms with E-state index in [2.05, 4.69) is 18.7 Å². The van der Waals surface area contributed by atoms with Crippen molar-refractivity contribution in [2.45, 2.75) is 25.2 Å². The van der Waals surface area contributed by atoms with E-state index in [1.54, 1.807) is 18.2 Å². The molecule has 0 saturated carbocycles. The second kappa shape index (κ2) is 6.59. The van der Waals surface area contributed by atoms with Gasteiger partial charge in [-0.15, -0.1) is 0 Å². The fraction of sp³-hybridized carbons (Fsp3) is 0.562. The molecule has 1 heterocycles. The van der Waals surface area contributed by atoms with Crippen molar-refractivity contribution in [1.29, 1.82) is 5.26 Å². The molecule has 0 bridgehead atoms. The monoisotopic (exact) mass is 306 g/mol. The van der Waals surface area contributed by atoms with Crippen molar-refractivity contribution in [2.24, 2.45) is 11.8 Å². The topological polar surface area (TPSA) is 61.2 Å². The normalized spacial score (nSPS) is 19.8. The number of likely N-dealkylation sites (tertiary alicyclic amines) is 1. The summed E-state index contributed by atoms with van der Waals surface area (Å²) >= 11 is 0. The summed E-state index contributed by atoms with van der Waals surface area (Å²) in [6.45, 7) is 6.99. The van der Waals surface area contributed by atoms with Gasteiger partial charge in [-0.25, -0.2) is 8.42 Å². The Morgan fingerprint density at radius 1 is 1.43 bits per heavy atom. The fourth-order valence-corrected chi connectivity index (χ4v) is 4.06. The Labute approximate surface area is 127 Å². The van der Waals surface area contributed by atoms with Crippen molar-refractivity contribution < 1.29 is 8.42 Å². The zero-order chi connectivity index (χ0) is 15.5. The fourth-order valence-electron chi connectivity index (χ4n) is 2.74. The highest BCUT2D eigenvalue weighted by Crippen LogP contribution is 2.23. The van der Waals surface area contributed by atoms with E-state index >= 15 is 0 Å². The van der Waals surface area contributed by atoms with Crippen LogP contribution < -0.4 is 0 Å². The molecule has 1 aliphatic rings. The molecule has 1 unspecified atom stereocenters. The largest absolute Gasteiger partial charge is 0.302 e. The summed E-state index contributed by atoms with van der Waals surface area (Å²) in [5.74, 6) is 1.45. The van der Waals surface area contributed by atoms with Crippen LogP contribution in [0.4, 0.5) is 0 Å². The number of nitrogens with zero attached hydrogens (tertiary/aromatic N) is 2. The van der Waals surface area contributed by atoms with Crippen LogP contribution in [0.3, 0.4) is 0 Å². The van der Waals surface area contributed by atoms with Gasteiger partial charge in [0, 0.05) is 13.1 Å². The first-order valence-electron chi connectivity index (χ1n) is 7.37. The van der Waals surface area contributed by atoms with Crippen LogP contribution in [0, 0.1) is 23.2 Å². The summed E-state index contributed by atoms with van der Waals surface area (Å²) < 4.78 is 24.7. The molecule has 0 aliphatic carbocycles. The first-order valence-corrected chi connectivity index (χ1v) is 9.03. The maximum absolute atomic E-state index is 12.3. The summed E-state index contributed by atoms with van der Waals surface area (Å²) in [5.41, 5.74) is 0.386. The summed E-state index contributed by atoms with van der Waals surface area (Å²) in [6, 6.07) is 8.24. The van der Waals surface area contributed by atoms with Crippen LogP contribution in [0.5, 0.6) is 0 Å². The highest BCUT2D eigenvalue weighted by atomic mass is 32.2. The van der Waals surface area contributed by atoms with Crippen molar-refractivity contribution in [3.63, 3.8) is 0 Å². The van der Waals surface area contributed by atoms with Crippen LogP contribution in [-0.2, 0) is 9.84 Å². The third-order valence-electron chi connectivity index (χ3n) is 4.25. The molecule has 1 aliphatic heterocycles. The highest BCUT2D eigenvalue weighted by molar-refractivity contribution is 7.91. The average Bonchev–Trinajstić information content (AvgIpc) is 2.94. The van der Waals surface area contributed by atoms with Gasteiger partial charge in [0.05, 0.1) is 22.3 Å². The molecule has 1 saturated heterocycles. The minimum Gasteiger partial charge on any atom is -0.302 e. The first kappa shape index (κ1) is 16.0. The van der Waals surface area contributed by atoms with Gasteiger partial charge in [0.15, 0.2) is 9.84 Å². The van der Waals surface area contributed by atoms with E-state index in [0.29, 0.717) is 23.9 Å². The van der Waals surface area contributed by atoms with Gasteiger partial charge in [-0.1, -0.05) is 19.9 Å². The van der Waals surface area contributed by atoms with Crippen molar-refractivity contribution in [1.82, 2.24) is 4.90 Å². The predicted octanol–water partition coefficient (Wildman–Crippen LogP) is 2.31. The van der Waals surface area contributed by atoms with E-state index in [1.165, 1.54) is 6.07 Å². The molecule has 5 heteroatoms. The summed E-state index contributed by atoms with van der Waals surface area (Å²) in [4.78, 5) is 2.48. The lowest BCUT2D eigenvalue weighted by Gasteiger charge is -2.17. The second-order valence-corrected chi connectivity index (χ2v) is 8.16. The Balaban J connectivity index is 1.98. The van der Waals surface area contributed by atoms with Crippen LogP contribution in [0.25, 0.3) is 0 Å². The number of rotatable bonds is 5. The maximum Gasteiger partial charge on any atom is 0.179 e. The van der Waals surface area contributed by atoms with Gasteiger partial charge in [-0.05, 0) is 43.0 Å². The Morgan fingerprint density at radius 2 is 2.19 bits per heavy atom. The molecular weight excluding hydrogens is 284 g/mol. The zero-order valence-electron chi connectivity index (χ0n) is 12.6. The van der Waals surface area contributed by atoms with E-state index in [0.717, 1.165) is 19.5 Å². The van der Waals surface area contributed by atoms with Crippen LogP contribution in [0.15, 0.2) is 29.2 Å². The van der Waals surface area contributed by atoms with Gasteiger partial charge in [0.25, 0.3) is 0 Å². The minimum absolute atomic E-state index is 0.118. The number of nitriles is 1. The molecule has 1 aromatic rings. The van der Waals surface area contributed by atoms with Crippen LogP contribution in [0.1, 0.15) is 25.8 Å². The summed E-state index contributed by atoms with van der Waals surface area (Å²) in [6.07, 6.45) is 1.15. The Hall–Kier alpha value is -1.38. The van der Waals surface area contributed by atoms with E-state index in [4.69, 9.17) is 5.26 Å². The SMILES string of the molecule is CC(C)C1CCN(CCS(=O)(=O)c2cccc(C#N)c2)C1. The Kier molecular flexibility index (Phi) is 5.02. The molecule has 114 valence electrons. The molecule has 1 aromatic carbocycles. The van der Waals surface area contributed by atoms with E-state index in [-0.39, 0.29) is 10.6 Å². The molecule has 0 N–H and O–H groups in total. The van der Waals surface area contributed by atoms with Crippen molar-refractivity contribution in [3.8, 4) is 6.07 Å². The molecule has 0 amide bonds. The number of benzene rings is 1. The number of hydrogen-bond donors (Lipinski definition) is 0. The Bertz CT molecular complexity index is 632. The highest BCUT2D eigenvalue weighted by Gasteiger charge is 2.26. The van der Waals surface area contributed by atoms with Crippen LogP contribution in [0.2, 0.25) is 0 Å². The number of hydrogen-bond acceptors (Lipinski definition) is 4. The summed E-state index contributed by atoms with van der Waals surface area (Å²) in [5, 5.41) is 8.86. The molecule has 0 spiro atoms. The molecular formula is C16H22N2O2S.